The van der Waals surface area contributed by atoms with E-state index in [9.17, 15) is 13.2 Å². The highest BCUT2D eigenvalue weighted by Gasteiger charge is 2.23. The fourth-order valence-corrected chi connectivity index (χ4v) is 1.55. The topological polar surface area (TPSA) is 22.1 Å². The van der Waals surface area contributed by atoms with Gasteiger partial charge >= 0.3 is 0 Å². The molecular formula is C12H7ClF3NO. The molecule has 0 saturated carbocycles. The predicted octanol–water partition coefficient (Wildman–Crippen LogP) is 4.25. The van der Waals surface area contributed by atoms with Gasteiger partial charge in [-0.25, -0.2) is 18.2 Å². The molecule has 0 atom stereocenters. The van der Waals surface area contributed by atoms with Crippen LogP contribution in [0.4, 0.5) is 13.2 Å². The Morgan fingerprint density at radius 1 is 1.11 bits per heavy atom. The normalized spacial score (nSPS) is 10.5. The molecular weight excluding hydrogens is 267 g/mol. The van der Waals surface area contributed by atoms with Crippen LogP contribution in [-0.2, 0) is 0 Å². The molecule has 0 fully saturated rings. The van der Waals surface area contributed by atoms with Gasteiger partial charge in [0.15, 0.2) is 17.5 Å². The Bertz CT molecular complexity index is 561. The summed E-state index contributed by atoms with van der Waals surface area (Å²) in [5, 5.41) is -0.806. The molecule has 2 rings (SSSR count). The van der Waals surface area contributed by atoms with Gasteiger partial charge in [-0.05, 0) is 13.0 Å². The number of ether oxygens (including phenoxy) is 1. The number of benzene rings is 1. The van der Waals surface area contributed by atoms with Crippen LogP contribution in [-0.4, -0.2) is 4.98 Å². The lowest BCUT2D eigenvalue weighted by atomic mass is 10.2. The van der Waals surface area contributed by atoms with Crippen molar-refractivity contribution >= 4 is 11.6 Å². The number of pyridine rings is 1. The average Bonchev–Trinajstić information content (AvgIpc) is 2.40. The van der Waals surface area contributed by atoms with Crippen LogP contribution in [0.3, 0.4) is 0 Å². The molecule has 0 radical (unpaired) electrons. The monoisotopic (exact) mass is 273 g/mol. The standard InChI is InChI=1S/C12H7ClF3NO/c1-6-9(14)8(13)11(16)12(10(6)15)18-7-4-2-3-5-17-7/h2-5H,1H3. The van der Waals surface area contributed by atoms with E-state index in [4.69, 9.17) is 16.3 Å². The second-order valence-electron chi connectivity index (χ2n) is 3.48. The van der Waals surface area contributed by atoms with E-state index in [1.165, 1.54) is 12.3 Å². The van der Waals surface area contributed by atoms with Crippen LogP contribution in [0.15, 0.2) is 24.4 Å². The second-order valence-corrected chi connectivity index (χ2v) is 3.86. The third-order valence-electron chi connectivity index (χ3n) is 2.29. The zero-order valence-corrected chi connectivity index (χ0v) is 9.93. The Morgan fingerprint density at radius 2 is 1.83 bits per heavy atom. The molecule has 0 aliphatic carbocycles. The molecule has 1 heterocycles. The predicted molar refractivity (Wildman–Crippen MR) is 60.4 cm³/mol. The highest BCUT2D eigenvalue weighted by atomic mass is 35.5. The first kappa shape index (κ1) is 12.7. The molecule has 2 aromatic rings. The number of hydrogen-bond acceptors (Lipinski definition) is 2. The summed E-state index contributed by atoms with van der Waals surface area (Å²) in [6.45, 7) is 1.14. The van der Waals surface area contributed by atoms with Crippen LogP contribution in [0.25, 0.3) is 0 Å². The number of nitrogens with zero attached hydrogens (tertiary/aromatic N) is 1. The van der Waals surface area contributed by atoms with Gasteiger partial charge in [-0.15, -0.1) is 0 Å². The number of hydrogen-bond donors (Lipinski definition) is 0. The largest absolute Gasteiger partial charge is 0.433 e. The molecule has 0 unspecified atom stereocenters. The average molecular weight is 274 g/mol. The molecule has 18 heavy (non-hydrogen) atoms. The zero-order valence-electron chi connectivity index (χ0n) is 9.18. The van der Waals surface area contributed by atoms with E-state index in [0.717, 1.165) is 6.92 Å². The minimum atomic E-state index is -1.29. The van der Waals surface area contributed by atoms with Crippen LogP contribution in [0.5, 0.6) is 11.6 Å². The first-order valence-electron chi connectivity index (χ1n) is 4.93. The fraction of sp³-hybridized carbons (Fsp3) is 0.0833. The third-order valence-corrected chi connectivity index (χ3v) is 2.62. The van der Waals surface area contributed by atoms with E-state index >= 15 is 0 Å². The number of aromatic nitrogens is 1. The number of halogens is 4. The smallest absolute Gasteiger partial charge is 0.219 e. The van der Waals surface area contributed by atoms with Gasteiger partial charge in [0.05, 0.1) is 0 Å². The maximum Gasteiger partial charge on any atom is 0.219 e. The van der Waals surface area contributed by atoms with Crippen molar-refractivity contribution in [2.45, 2.75) is 6.92 Å². The molecule has 2 nitrogen and oxygen atoms in total. The van der Waals surface area contributed by atoms with E-state index in [2.05, 4.69) is 4.98 Å². The molecule has 0 spiro atoms. The zero-order chi connectivity index (χ0) is 13.3. The first-order valence-corrected chi connectivity index (χ1v) is 5.31. The van der Waals surface area contributed by atoms with Gasteiger partial charge in [-0.3, -0.25) is 0 Å². The Kier molecular flexibility index (Phi) is 3.43. The van der Waals surface area contributed by atoms with E-state index in [-0.39, 0.29) is 5.88 Å². The minimum Gasteiger partial charge on any atom is -0.433 e. The van der Waals surface area contributed by atoms with Crippen molar-refractivity contribution in [3.05, 3.63) is 52.4 Å². The first-order chi connectivity index (χ1) is 8.52. The molecule has 1 aromatic heterocycles. The van der Waals surface area contributed by atoms with Crippen molar-refractivity contribution in [3.63, 3.8) is 0 Å². The van der Waals surface area contributed by atoms with Crippen LogP contribution in [0.1, 0.15) is 5.56 Å². The summed E-state index contributed by atoms with van der Waals surface area (Å²) in [6.07, 6.45) is 1.39. The lowest BCUT2D eigenvalue weighted by Crippen LogP contribution is -2.00. The molecule has 94 valence electrons. The Hall–Kier alpha value is -1.75. The van der Waals surface area contributed by atoms with Crippen LogP contribution < -0.4 is 4.74 Å². The van der Waals surface area contributed by atoms with Gasteiger partial charge < -0.3 is 4.74 Å². The Morgan fingerprint density at radius 3 is 2.44 bits per heavy atom. The Balaban J connectivity index is 2.52. The Labute approximate surface area is 106 Å². The molecule has 0 aliphatic rings. The van der Waals surface area contributed by atoms with Gasteiger partial charge in [-0.2, -0.15) is 0 Å². The summed E-state index contributed by atoms with van der Waals surface area (Å²) in [6, 6.07) is 4.60. The van der Waals surface area contributed by atoms with Crippen molar-refractivity contribution in [2.75, 3.05) is 0 Å². The van der Waals surface area contributed by atoms with E-state index < -0.39 is 33.8 Å². The molecule has 0 aliphatic heterocycles. The summed E-state index contributed by atoms with van der Waals surface area (Å²) >= 11 is 5.41. The molecule has 0 saturated heterocycles. The van der Waals surface area contributed by atoms with Crippen molar-refractivity contribution in [3.8, 4) is 11.6 Å². The lowest BCUT2D eigenvalue weighted by molar-refractivity contribution is 0.387. The van der Waals surface area contributed by atoms with Gasteiger partial charge in [0, 0.05) is 17.8 Å². The van der Waals surface area contributed by atoms with Crippen molar-refractivity contribution in [2.24, 2.45) is 0 Å². The molecule has 1 aromatic carbocycles. The van der Waals surface area contributed by atoms with Crippen molar-refractivity contribution < 1.29 is 17.9 Å². The highest BCUT2D eigenvalue weighted by molar-refractivity contribution is 6.31. The molecule has 0 bridgehead atoms. The lowest BCUT2D eigenvalue weighted by Gasteiger charge is -2.10. The quantitative estimate of drug-likeness (QED) is 0.603. The van der Waals surface area contributed by atoms with Crippen LogP contribution >= 0.6 is 11.6 Å². The van der Waals surface area contributed by atoms with Crippen LogP contribution in [0, 0.1) is 24.4 Å². The third kappa shape index (κ3) is 2.13. The van der Waals surface area contributed by atoms with E-state index in [1.54, 1.807) is 12.1 Å². The fourth-order valence-electron chi connectivity index (χ4n) is 1.33. The van der Waals surface area contributed by atoms with Crippen LogP contribution in [0.2, 0.25) is 5.02 Å². The SMILES string of the molecule is Cc1c(F)c(Cl)c(F)c(Oc2ccccn2)c1F. The van der Waals surface area contributed by atoms with Crippen molar-refractivity contribution in [1.82, 2.24) is 4.98 Å². The highest BCUT2D eigenvalue weighted by Crippen LogP contribution is 2.35. The van der Waals surface area contributed by atoms with Crippen molar-refractivity contribution in [1.29, 1.82) is 0 Å². The minimum absolute atomic E-state index is 0.0163. The summed E-state index contributed by atoms with van der Waals surface area (Å²) in [5.41, 5.74) is -0.410. The summed E-state index contributed by atoms with van der Waals surface area (Å²) in [5.74, 6) is -4.35. The number of rotatable bonds is 2. The van der Waals surface area contributed by atoms with E-state index in [1.807, 2.05) is 0 Å². The summed E-state index contributed by atoms with van der Waals surface area (Å²) < 4.78 is 45.6. The summed E-state index contributed by atoms with van der Waals surface area (Å²) in [7, 11) is 0. The molecule has 6 heteroatoms. The van der Waals surface area contributed by atoms with Gasteiger partial charge in [-0.1, -0.05) is 17.7 Å². The van der Waals surface area contributed by atoms with Gasteiger partial charge in [0.25, 0.3) is 0 Å². The maximum absolute atomic E-state index is 13.7. The van der Waals surface area contributed by atoms with Gasteiger partial charge in [0.1, 0.15) is 5.02 Å². The summed E-state index contributed by atoms with van der Waals surface area (Å²) in [4.78, 5) is 3.75. The second kappa shape index (κ2) is 4.86. The van der Waals surface area contributed by atoms with E-state index in [0.29, 0.717) is 0 Å². The molecule has 0 amide bonds. The molecule has 0 N–H and O–H groups in total. The maximum atomic E-state index is 13.7. The van der Waals surface area contributed by atoms with Gasteiger partial charge in [0.2, 0.25) is 11.6 Å².